The molecule has 0 radical (unpaired) electrons. The molecule has 1 aliphatic rings. The Balaban J connectivity index is 1.64. The van der Waals surface area contributed by atoms with Crippen LogP contribution >= 0.6 is 0 Å². The molecular formula is C22H23N5O. The topological polar surface area (TPSA) is 71.3 Å². The fourth-order valence-electron chi connectivity index (χ4n) is 3.36. The van der Waals surface area contributed by atoms with Gasteiger partial charge in [-0.3, -0.25) is 4.79 Å². The summed E-state index contributed by atoms with van der Waals surface area (Å²) in [4.78, 5) is 17.5. The third-order valence-electron chi connectivity index (χ3n) is 4.94. The van der Waals surface area contributed by atoms with Crippen molar-refractivity contribution in [2.45, 2.75) is 25.8 Å². The zero-order valence-electron chi connectivity index (χ0n) is 16.0. The van der Waals surface area contributed by atoms with Gasteiger partial charge in [-0.1, -0.05) is 48.6 Å². The first-order valence-corrected chi connectivity index (χ1v) is 9.46. The van der Waals surface area contributed by atoms with Gasteiger partial charge in [0.05, 0.1) is 0 Å². The second kappa shape index (κ2) is 7.68. The van der Waals surface area contributed by atoms with Gasteiger partial charge in [0.2, 0.25) is 0 Å². The van der Waals surface area contributed by atoms with Gasteiger partial charge >= 0.3 is 0 Å². The predicted molar refractivity (Wildman–Crippen MR) is 111 cm³/mol. The zero-order valence-corrected chi connectivity index (χ0v) is 16.0. The van der Waals surface area contributed by atoms with Gasteiger partial charge in [-0.15, -0.1) is 5.10 Å². The second-order valence-corrected chi connectivity index (χ2v) is 6.85. The second-order valence-electron chi connectivity index (χ2n) is 6.85. The molecule has 3 aromatic rings. The van der Waals surface area contributed by atoms with Gasteiger partial charge < -0.3 is 10.6 Å². The molecule has 142 valence electrons. The highest BCUT2D eigenvalue weighted by Gasteiger charge is 2.17. The van der Waals surface area contributed by atoms with Crippen LogP contribution in [0.2, 0.25) is 0 Å². The first-order chi connectivity index (χ1) is 13.7. The molecule has 1 unspecified atom stereocenters. The van der Waals surface area contributed by atoms with Crippen LogP contribution in [0.25, 0.3) is 17.0 Å². The fourth-order valence-corrected chi connectivity index (χ4v) is 3.36. The lowest BCUT2D eigenvalue weighted by Crippen LogP contribution is -2.34. The Kier molecular flexibility index (Phi) is 4.93. The van der Waals surface area contributed by atoms with Crippen molar-refractivity contribution in [1.82, 2.24) is 19.9 Å². The molecule has 0 saturated heterocycles. The Bertz CT molecular complexity index is 1070. The SMILES string of the molecule is CNc1cc(C(=O)NC(C)C2=CC=CCC2)cc2nc(-c3ccccc3)nn12. The number of carbonyl (C=O) groups excluding carboxylic acids is 1. The monoisotopic (exact) mass is 373 g/mol. The number of fused-ring (bicyclic) bond motifs is 1. The Hall–Kier alpha value is -3.41. The molecule has 0 spiro atoms. The van der Waals surface area contributed by atoms with Crippen LogP contribution in [0.3, 0.4) is 0 Å². The lowest BCUT2D eigenvalue weighted by molar-refractivity contribution is 0.0945. The van der Waals surface area contributed by atoms with Crippen LogP contribution in [-0.4, -0.2) is 33.6 Å². The van der Waals surface area contributed by atoms with Crippen LogP contribution in [0.15, 0.2) is 66.3 Å². The molecule has 4 rings (SSSR count). The van der Waals surface area contributed by atoms with Crippen LogP contribution in [0.4, 0.5) is 5.82 Å². The Morgan fingerprint density at radius 1 is 1.21 bits per heavy atom. The van der Waals surface area contributed by atoms with E-state index in [0.29, 0.717) is 22.9 Å². The Morgan fingerprint density at radius 3 is 2.75 bits per heavy atom. The number of carbonyl (C=O) groups is 1. The average molecular weight is 373 g/mol. The number of aromatic nitrogens is 3. The highest BCUT2D eigenvalue weighted by atomic mass is 16.1. The van der Waals surface area contributed by atoms with Crippen molar-refractivity contribution < 1.29 is 4.79 Å². The van der Waals surface area contributed by atoms with Crippen LogP contribution in [0, 0.1) is 0 Å². The summed E-state index contributed by atoms with van der Waals surface area (Å²) in [7, 11) is 1.81. The minimum Gasteiger partial charge on any atom is -0.373 e. The first-order valence-electron chi connectivity index (χ1n) is 9.46. The van der Waals surface area contributed by atoms with Gasteiger partial charge in [0.25, 0.3) is 5.91 Å². The number of hydrogen-bond acceptors (Lipinski definition) is 4. The van der Waals surface area contributed by atoms with E-state index in [1.165, 1.54) is 5.57 Å². The van der Waals surface area contributed by atoms with Crippen molar-refractivity contribution in [2.75, 3.05) is 12.4 Å². The van der Waals surface area contributed by atoms with E-state index in [9.17, 15) is 4.79 Å². The molecule has 0 saturated carbocycles. The summed E-state index contributed by atoms with van der Waals surface area (Å²) >= 11 is 0. The molecule has 0 aliphatic heterocycles. The number of nitrogens with zero attached hydrogens (tertiary/aromatic N) is 3. The third-order valence-corrected chi connectivity index (χ3v) is 4.94. The molecule has 0 bridgehead atoms. The van der Waals surface area contributed by atoms with Crippen molar-refractivity contribution in [2.24, 2.45) is 0 Å². The van der Waals surface area contributed by atoms with Gasteiger partial charge in [-0.25, -0.2) is 4.98 Å². The standard InChI is InChI=1S/C22H23N5O/c1-15(16-9-5-3-6-10-16)24-22(28)18-13-19(23-2)27-20(14-18)25-21(26-27)17-11-7-4-8-12-17/h3-5,7-9,11-15,23H,6,10H2,1-2H3,(H,24,28). The highest BCUT2D eigenvalue weighted by molar-refractivity contribution is 5.96. The van der Waals surface area contributed by atoms with Gasteiger partial charge in [0.1, 0.15) is 5.82 Å². The average Bonchev–Trinajstić information content (AvgIpc) is 3.18. The molecule has 0 fully saturated rings. The van der Waals surface area contributed by atoms with E-state index < -0.39 is 0 Å². The first kappa shape index (κ1) is 18.0. The minimum absolute atomic E-state index is 0.00976. The number of nitrogens with one attached hydrogen (secondary N) is 2. The van der Waals surface area contributed by atoms with E-state index in [0.717, 1.165) is 18.4 Å². The summed E-state index contributed by atoms with van der Waals surface area (Å²) in [5, 5.41) is 10.8. The van der Waals surface area contributed by atoms with E-state index in [2.05, 4.69) is 32.9 Å². The van der Waals surface area contributed by atoms with E-state index >= 15 is 0 Å². The summed E-state index contributed by atoms with van der Waals surface area (Å²) in [6, 6.07) is 13.4. The quantitative estimate of drug-likeness (QED) is 0.713. The van der Waals surface area contributed by atoms with Crippen LogP contribution in [0.5, 0.6) is 0 Å². The van der Waals surface area contributed by atoms with Crippen LogP contribution in [0.1, 0.15) is 30.1 Å². The lowest BCUT2D eigenvalue weighted by Gasteiger charge is -2.19. The van der Waals surface area contributed by atoms with Gasteiger partial charge in [0, 0.05) is 24.2 Å². The lowest BCUT2D eigenvalue weighted by atomic mass is 9.99. The number of rotatable bonds is 5. The minimum atomic E-state index is -0.119. The number of pyridine rings is 1. The molecular weight excluding hydrogens is 350 g/mol. The van der Waals surface area contributed by atoms with E-state index in [-0.39, 0.29) is 11.9 Å². The van der Waals surface area contributed by atoms with Crippen LogP contribution < -0.4 is 10.6 Å². The molecule has 28 heavy (non-hydrogen) atoms. The van der Waals surface area contributed by atoms with Crippen molar-refractivity contribution in [3.05, 3.63) is 71.8 Å². The molecule has 1 aromatic carbocycles. The van der Waals surface area contributed by atoms with E-state index in [1.54, 1.807) is 16.6 Å². The predicted octanol–water partition coefficient (Wildman–Crippen LogP) is 3.83. The summed E-state index contributed by atoms with van der Waals surface area (Å²) < 4.78 is 1.72. The van der Waals surface area contributed by atoms with Crippen LogP contribution in [-0.2, 0) is 0 Å². The molecule has 6 nitrogen and oxygen atoms in total. The summed E-state index contributed by atoms with van der Waals surface area (Å²) in [6.07, 6.45) is 8.27. The molecule has 1 aliphatic carbocycles. The highest BCUT2D eigenvalue weighted by Crippen LogP contribution is 2.21. The van der Waals surface area contributed by atoms with Gasteiger partial charge in [-0.05, 0) is 37.5 Å². The number of amides is 1. The number of hydrogen-bond donors (Lipinski definition) is 2. The number of anilines is 1. The largest absolute Gasteiger partial charge is 0.373 e. The summed E-state index contributed by atoms with van der Waals surface area (Å²) in [6.45, 7) is 2.02. The molecule has 2 aromatic heterocycles. The Morgan fingerprint density at radius 2 is 2.04 bits per heavy atom. The molecule has 6 heteroatoms. The van der Waals surface area contributed by atoms with Crippen molar-refractivity contribution in [3.8, 4) is 11.4 Å². The van der Waals surface area contributed by atoms with E-state index in [4.69, 9.17) is 0 Å². The van der Waals surface area contributed by atoms with Crippen molar-refractivity contribution in [3.63, 3.8) is 0 Å². The number of benzene rings is 1. The maximum absolute atomic E-state index is 12.8. The van der Waals surface area contributed by atoms with Crippen molar-refractivity contribution in [1.29, 1.82) is 0 Å². The molecule has 1 amide bonds. The maximum Gasteiger partial charge on any atom is 0.252 e. The molecule has 2 heterocycles. The number of allylic oxidation sites excluding steroid dienone is 3. The Labute approximate surface area is 164 Å². The molecule has 1 atom stereocenters. The van der Waals surface area contributed by atoms with Gasteiger partial charge in [0.15, 0.2) is 11.5 Å². The summed E-state index contributed by atoms with van der Waals surface area (Å²) in [5.74, 6) is 1.22. The fraction of sp³-hybridized carbons (Fsp3) is 0.227. The molecule has 2 N–H and O–H groups in total. The smallest absolute Gasteiger partial charge is 0.252 e. The zero-order chi connectivity index (χ0) is 19.5. The third kappa shape index (κ3) is 3.53. The van der Waals surface area contributed by atoms with E-state index in [1.807, 2.05) is 50.4 Å². The summed E-state index contributed by atoms with van der Waals surface area (Å²) in [5.41, 5.74) is 3.36. The van der Waals surface area contributed by atoms with Crippen molar-refractivity contribution >= 4 is 17.4 Å². The van der Waals surface area contributed by atoms with Gasteiger partial charge in [-0.2, -0.15) is 4.52 Å². The maximum atomic E-state index is 12.8. The normalized spacial score (nSPS) is 14.6.